The molecule has 0 aliphatic heterocycles. The van der Waals surface area contributed by atoms with Crippen LogP contribution in [0, 0.1) is 6.92 Å². The van der Waals surface area contributed by atoms with Crippen molar-refractivity contribution in [2.45, 2.75) is 20.0 Å². The molecule has 0 spiro atoms. The largest absolute Gasteiger partial charge is 0.439 e. The van der Waals surface area contributed by atoms with Crippen molar-refractivity contribution < 1.29 is 18.0 Å². The predicted octanol–water partition coefficient (Wildman–Crippen LogP) is 3.61. The highest BCUT2D eigenvalue weighted by molar-refractivity contribution is 5.92. The number of nitrogens with zero attached hydrogens (tertiary/aromatic N) is 3. The Morgan fingerprint density at radius 2 is 2.04 bits per heavy atom. The number of rotatable bonds is 4. The number of hydrogen-bond donors (Lipinski definition) is 0. The van der Waals surface area contributed by atoms with E-state index in [1.54, 1.807) is 12.1 Å². The maximum Gasteiger partial charge on any atom is 0.319 e. The Hall–Kier alpha value is -2.70. The van der Waals surface area contributed by atoms with Gasteiger partial charge in [0.15, 0.2) is 5.58 Å². The molecule has 0 aliphatic rings. The van der Waals surface area contributed by atoms with Gasteiger partial charge in [-0.25, -0.2) is 4.98 Å². The van der Waals surface area contributed by atoms with Crippen molar-refractivity contribution in [2.75, 3.05) is 7.05 Å². The fourth-order valence-electron chi connectivity index (χ4n) is 2.44. The van der Waals surface area contributed by atoms with Gasteiger partial charge in [-0.1, -0.05) is 12.1 Å². The second-order valence-corrected chi connectivity index (χ2v) is 5.24. The first-order valence-electron chi connectivity index (χ1n) is 7.03. The Morgan fingerprint density at radius 1 is 1.30 bits per heavy atom. The molecule has 5 nitrogen and oxygen atoms in total. The van der Waals surface area contributed by atoms with Crippen LogP contribution in [0.5, 0.6) is 0 Å². The van der Waals surface area contributed by atoms with Crippen LogP contribution in [0.25, 0.3) is 11.1 Å². The van der Waals surface area contributed by atoms with E-state index >= 15 is 0 Å². The SMILES string of the molecule is Cc1ccc(C(=O)N(C)Cc2nc3ccccc3o2)n1C(F)F. The van der Waals surface area contributed by atoms with Crippen LogP contribution in [-0.4, -0.2) is 27.4 Å². The zero-order chi connectivity index (χ0) is 16.6. The summed E-state index contributed by atoms with van der Waals surface area (Å²) in [5, 5.41) is 0. The normalized spacial score (nSPS) is 11.3. The van der Waals surface area contributed by atoms with E-state index in [0.29, 0.717) is 27.3 Å². The molecular weight excluding hydrogens is 304 g/mol. The summed E-state index contributed by atoms with van der Waals surface area (Å²) in [4.78, 5) is 18.0. The van der Waals surface area contributed by atoms with Gasteiger partial charge < -0.3 is 9.32 Å². The topological polar surface area (TPSA) is 51.3 Å². The molecule has 0 aliphatic carbocycles. The summed E-state index contributed by atoms with van der Waals surface area (Å²) < 4.78 is 32.4. The monoisotopic (exact) mass is 319 g/mol. The highest BCUT2D eigenvalue weighted by atomic mass is 19.3. The fourth-order valence-corrected chi connectivity index (χ4v) is 2.44. The molecule has 0 unspecified atom stereocenters. The van der Waals surface area contributed by atoms with Crippen molar-refractivity contribution in [1.82, 2.24) is 14.5 Å². The van der Waals surface area contributed by atoms with Crippen molar-refractivity contribution >= 4 is 17.0 Å². The van der Waals surface area contributed by atoms with E-state index < -0.39 is 12.5 Å². The van der Waals surface area contributed by atoms with E-state index in [1.165, 1.54) is 31.0 Å². The quantitative estimate of drug-likeness (QED) is 0.738. The maximum atomic E-state index is 13.1. The van der Waals surface area contributed by atoms with Crippen molar-refractivity contribution in [3.8, 4) is 0 Å². The lowest BCUT2D eigenvalue weighted by Gasteiger charge is -2.17. The predicted molar refractivity (Wildman–Crippen MR) is 80.2 cm³/mol. The molecule has 0 saturated carbocycles. The number of amides is 1. The number of halogens is 2. The molecule has 0 fully saturated rings. The number of para-hydroxylation sites is 2. The summed E-state index contributed by atoms with van der Waals surface area (Å²) >= 11 is 0. The highest BCUT2D eigenvalue weighted by Gasteiger charge is 2.22. The number of alkyl halides is 2. The third-order valence-electron chi connectivity index (χ3n) is 3.59. The average molecular weight is 319 g/mol. The van der Waals surface area contributed by atoms with E-state index in [0.717, 1.165) is 0 Å². The van der Waals surface area contributed by atoms with Gasteiger partial charge in [0.25, 0.3) is 5.91 Å². The second-order valence-electron chi connectivity index (χ2n) is 5.24. The molecule has 3 rings (SSSR count). The van der Waals surface area contributed by atoms with Crippen LogP contribution in [0.3, 0.4) is 0 Å². The summed E-state index contributed by atoms with van der Waals surface area (Å²) in [6, 6.07) is 10.1. The van der Waals surface area contributed by atoms with E-state index in [2.05, 4.69) is 4.98 Å². The van der Waals surface area contributed by atoms with Crippen LogP contribution in [0.1, 0.15) is 28.6 Å². The molecule has 0 saturated heterocycles. The van der Waals surface area contributed by atoms with E-state index in [9.17, 15) is 13.6 Å². The summed E-state index contributed by atoms with van der Waals surface area (Å²) in [6.45, 7) is -1.13. The molecule has 1 aromatic carbocycles. The molecule has 2 heterocycles. The molecule has 7 heteroatoms. The minimum atomic E-state index is -2.76. The van der Waals surface area contributed by atoms with Crippen LogP contribution in [0.4, 0.5) is 8.78 Å². The lowest BCUT2D eigenvalue weighted by Crippen LogP contribution is -2.28. The van der Waals surface area contributed by atoms with Crippen molar-refractivity contribution in [3.63, 3.8) is 0 Å². The van der Waals surface area contributed by atoms with Crippen molar-refractivity contribution in [2.24, 2.45) is 0 Å². The molecule has 3 aromatic rings. The van der Waals surface area contributed by atoms with Gasteiger partial charge in [-0.05, 0) is 31.2 Å². The molecule has 2 aromatic heterocycles. The smallest absolute Gasteiger partial charge is 0.319 e. The number of hydrogen-bond acceptors (Lipinski definition) is 3. The summed E-state index contributed by atoms with van der Waals surface area (Å²) in [5.41, 5.74) is 1.58. The first kappa shape index (κ1) is 15.2. The van der Waals surface area contributed by atoms with Crippen LogP contribution in [0.15, 0.2) is 40.8 Å². The fraction of sp³-hybridized carbons (Fsp3) is 0.250. The number of carbonyl (C=O) groups is 1. The Bertz CT molecular complexity index is 821. The molecule has 1 amide bonds. The zero-order valence-corrected chi connectivity index (χ0v) is 12.7. The summed E-state index contributed by atoms with van der Waals surface area (Å²) in [5.74, 6) is -0.158. The minimum Gasteiger partial charge on any atom is -0.439 e. The highest BCUT2D eigenvalue weighted by Crippen LogP contribution is 2.21. The molecule has 120 valence electrons. The van der Waals surface area contributed by atoms with Crippen LogP contribution in [0.2, 0.25) is 0 Å². The third-order valence-corrected chi connectivity index (χ3v) is 3.59. The Morgan fingerprint density at radius 3 is 2.74 bits per heavy atom. The molecular formula is C16H15F2N3O2. The van der Waals surface area contributed by atoms with Crippen LogP contribution >= 0.6 is 0 Å². The van der Waals surface area contributed by atoms with Gasteiger partial charge in [0, 0.05) is 12.7 Å². The van der Waals surface area contributed by atoms with Crippen LogP contribution < -0.4 is 0 Å². The van der Waals surface area contributed by atoms with Gasteiger partial charge in [0.2, 0.25) is 5.89 Å². The number of benzene rings is 1. The lowest BCUT2D eigenvalue weighted by molar-refractivity contribution is 0.0560. The molecule has 0 N–H and O–H groups in total. The first-order chi connectivity index (χ1) is 11.0. The second kappa shape index (κ2) is 5.83. The summed E-state index contributed by atoms with van der Waals surface area (Å²) in [6.07, 6.45) is 0. The van der Waals surface area contributed by atoms with Gasteiger partial charge >= 0.3 is 6.55 Å². The van der Waals surface area contributed by atoms with Crippen molar-refractivity contribution in [1.29, 1.82) is 0 Å². The Balaban J connectivity index is 1.82. The third kappa shape index (κ3) is 2.81. The van der Waals surface area contributed by atoms with Gasteiger partial charge in [0.1, 0.15) is 11.2 Å². The molecule has 0 radical (unpaired) electrons. The van der Waals surface area contributed by atoms with Gasteiger partial charge in [-0.2, -0.15) is 8.78 Å². The maximum absolute atomic E-state index is 13.1. The Kier molecular flexibility index (Phi) is 3.85. The number of oxazole rings is 1. The van der Waals surface area contributed by atoms with Gasteiger partial charge in [-0.15, -0.1) is 0 Å². The van der Waals surface area contributed by atoms with Gasteiger partial charge in [-0.3, -0.25) is 9.36 Å². The zero-order valence-electron chi connectivity index (χ0n) is 12.7. The van der Waals surface area contributed by atoms with E-state index in [1.807, 2.05) is 12.1 Å². The standard InChI is InChI=1S/C16H15F2N3O2/c1-10-7-8-12(21(10)16(17)18)15(22)20(2)9-14-19-11-5-3-4-6-13(11)23-14/h3-8,16H,9H2,1-2H3. The van der Waals surface area contributed by atoms with Crippen molar-refractivity contribution in [3.05, 3.63) is 53.7 Å². The van der Waals surface area contributed by atoms with E-state index in [4.69, 9.17) is 4.42 Å². The van der Waals surface area contributed by atoms with Gasteiger partial charge in [0.05, 0.1) is 6.54 Å². The number of carbonyl (C=O) groups excluding carboxylic acids is 1. The molecule has 0 atom stereocenters. The average Bonchev–Trinajstić information content (AvgIpc) is 3.08. The van der Waals surface area contributed by atoms with E-state index in [-0.39, 0.29) is 12.2 Å². The molecule has 23 heavy (non-hydrogen) atoms. The molecule has 0 bridgehead atoms. The first-order valence-corrected chi connectivity index (χ1v) is 7.03. The minimum absolute atomic E-state index is 0.0592. The lowest BCUT2D eigenvalue weighted by atomic mass is 10.3. The summed E-state index contributed by atoms with van der Waals surface area (Å²) in [7, 11) is 1.52. The number of aromatic nitrogens is 2. The van der Waals surface area contributed by atoms with Crippen LogP contribution in [-0.2, 0) is 6.54 Å². The Labute approximate surface area is 131 Å². The number of fused-ring (bicyclic) bond motifs is 1. The number of aryl methyl sites for hydroxylation is 1.